The molecule has 1 saturated carbocycles. The third-order valence-corrected chi connectivity index (χ3v) is 5.89. The Labute approximate surface area is 151 Å². The van der Waals surface area contributed by atoms with Gasteiger partial charge in [-0.15, -0.1) is 11.3 Å². The average Bonchev–Trinajstić information content (AvgIpc) is 3.26. The zero-order chi connectivity index (χ0) is 17.8. The van der Waals surface area contributed by atoms with Gasteiger partial charge in [-0.3, -0.25) is 19.3 Å². The molecular weight excluding hydrogens is 340 g/mol. The number of nitrogens with one attached hydrogen (secondary N) is 1. The SMILES string of the molecule is O=C(O)CC(CC(=O)N(C(=O)C1CCCNC1)C1CC1)c1cccs1. The van der Waals surface area contributed by atoms with Gasteiger partial charge in [0, 0.05) is 29.8 Å². The van der Waals surface area contributed by atoms with Crippen molar-refractivity contribution >= 4 is 29.1 Å². The van der Waals surface area contributed by atoms with Gasteiger partial charge in [-0.2, -0.15) is 0 Å². The van der Waals surface area contributed by atoms with Crippen LogP contribution < -0.4 is 5.32 Å². The van der Waals surface area contributed by atoms with Crippen LogP contribution in [-0.4, -0.2) is 46.9 Å². The van der Waals surface area contributed by atoms with Crippen LogP contribution in [0.25, 0.3) is 0 Å². The monoisotopic (exact) mass is 364 g/mol. The Morgan fingerprint density at radius 1 is 1.28 bits per heavy atom. The first-order valence-electron chi connectivity index (χ1n) is 8.88. The van der Waals surface area contributed by atoms with Crippen LogP contribution in [0.15, 0.2) is 17.5 Å². The number of carboxylic acid groups (broad SMARTS) is 1. The third-order valence-electron chi connectivity index (χ3n) is 4.85. The highest BCUT2D eigenvalue weighted by atomic mass is 32.1. The van der Waals surface area contributed by atoms with E-state index in [2.05, 4.69) is 5.32 Å². The third kappa shape index (κ3) is 4.67. The van der Waals surface area contributed by atoms with Crippen molar-refractivity contribution in [3.8, 4) is 0 Å². The molecule has 6 nitrogen and oxygen atoms in total. The lowest BCUT2D eigenvalue weighted by Gasteiger charge is -2.29. The van der Waals surface area contributed by atoms with Gasteiger partial charge in [0.25, 0.3) is 0 Å². The molecule has 2 atom stereocenters. The predicted molar refractivity (Wildman–Crippen MR) is 94.4 cm³/mol. The second-order valence-corrected chi connectivity index (χ2v) is 7.87. The zero-order valence-corrected chi connectivity index (χ0v) is 15.0. The van der Waals surface area contributed by atoms with E-state index in [1.165, 1.54) is 16.2 Å². The van der Waals surface area contributed by atoms with Gasteiger partial charge in [0.2, 0.25) is 11.8 Å². The maximum atomic E-state index is 12.9. The maximum Gasteiger partial charge on any atom is 0.304 e. The summed E-state index contributed by atoms with van der Waals surface area (Å²) in [5.41, 5.74) is 0. The molecule has 0 bridgehead atoms. The summed E-state index contributed by atoms with van der Waals surface area (Å²) in [5, 5.41) is 14.3. The average molecular weight is 364 g/mol. The second-order valence-electron chi connectivity index (χ2n) is 6.89. The highest BCUT2D eigenvalue weighted by molar-refractivity contribution is 7.10. The molecule has 1 saturated heterocycles. The summed E-state index contributed by atoms with van der Waals surface area (Å²) in [7, 11) is 0. The van der Waals surface area contributed by atoms with E-state index < -0.39 is 5.97 Å². The van der Waals surface area contributed by atoms with Gasteiger partial charge in [0.1, 0.15) is 0 Å². The molecule has 2 unspecified atom stereocenters. The molecule has 0 radical (unpaired) electrons. The Hall–Kier alpha value is -1.73. The zero-order valence-electron chi connectivity index (χ0n) is 14.1. The molecule has 2 fully saturated rings. The summed E-state index contributed by atoms with van der Waals surface area (Å²) in [6, 6.07) is 3.73. The van der Waals surface area contributed by atoms with Crippen molar-refractivity contribution in [1.29, 1.82) is 0 Å². The first kappa shape index (κ1) is 18.1. The summed E-state index contributed by atoms with van der Waals surface area (Å²) >= 11 is 1.46. The molecule has 3 rings (SSSR count). The van der Waals surface area contributed by atoms with E-state index in [1.807, 2.05) is 17.5 Å². The summed E-state index contributed by atoms with van der Waals surface area (Å²) in [5.74, 6) is -1.74. The van der Waals surface area contributed by atoms with Gasteiger partial charge < -0.3 is 10.4 Å². The van der Waals surface area contributed by atoms with Crippen molar-refractivity contribution in [2.24, 2.45) is 5.92 Å². The molecule has 25 heavy (non-hydrogen) atoms. The van der Waals surface area contributed by atoms with Crippen molar-refractivity contribution in [2.75, 3.05) is 13.1 Å². The summed E-state index contributed by atoms with van der Waals surface area (Å²) in [4.78, 5) is 39.3. The number of piperidine rings is 1. The number of aliphatic carboxylic acids is 1. The van der Waals surface area contributed by atoms with Crippen molar-refractivity contribution in [3.63, 3.8) is 0 Å². The number of amides is 2. The van der Waals surface area contributed by atoms with Crippen LogP contribution >= 0.6 is 11.3 Å². The van der Waals surface area contributed by atoms with Crippen LogP contribution in [0.2, 0.25) is 0 Å². The fourth-order valence-electron chi connectivity index (χ4n) is 3.42. The minimum Gasteiger partial charge on any atom is -0.481 e. The Morgan fingerprint density at radius 2 is 2.08 bits per heavy atom. The topological polar surface area (TPSA) is 86.7 Å². The number of hydrogen-bond donors (Lipinski definition) is 2. The van der Waals surface area contributed by atoms with Gasteiger partial charge in [0.15, 0.2) is 0 Å². The first-order valence-corrected chi connectivity index (χ1v) is 9.76. The fourth-order valence-corrected chi connectivity index (χ4v) is 4.25. The Kier molecular flexibility index (Phi) is 5.86. The van der Waals surface area contributed by atoms with Gasteiger partial charge in [-0.05, 0) is 43.7 Å². The minimum absolute atomic E-state index is 0.00994. The van der Waals surface area contributed by atoms with E-state index in [9.17, 15) is 19.5 Å². The van der Waals surface area contributed by atoms with Crippen LogP contribution in [-0.2, 0) is 14.4 Å². The van der Waals surface area contributed by atoms with Crippen LogP contribution in [0.1, 0.15) is 49.3 Å². The Bertz CT molecular complexity index is 621. The van der Waals surface area contributed by atoms with Crippen LogP contribution in [0.4, 0.5) is 0 Å². The first-order chi connectivity index (χ1) is 12.1. The van der Waals surface area contributed by atoms with Crippen molar-refractivity contribution in [2.45, 2.75) is 50.5 Å². The molecule has 0 spiro atoms. The lowest BCUT2D eigenvalue weighted by Crippen LogP contribution is -2.47. The van der Waals surface area contributed by atoms with Gasteiger partial charge in [-0.1, -0.05) is 6.07 Å². The van der Waals surface area contributed by atoms with E-state index >= 15 is 0 Å². The highest BCUT2D eigenvalue weighted by Gasteiger charge is 2.40. The molecule has 0 aromatic carbocycles. The number of imide groups is 1. The molecule has 1 aromatic rings. The number of thiophene rings is 1. The van der Waals surface area contributed by atoms with E-state index in [4.69, 9.17) is 0 Å². The van der Waals surface area contributed by atoms with E-state index in [0.29, 0.717) is 6.54 Å². The van der Waals surface area contributed by atoms with E-state index in [1.54, 1.807) is 0 Å². The number of carbonyl (C=O) groups is 3. The number of carboxylic acids is 1. The smallest absolute Gasteiger partial charge is 0.304 e. The van der Waals surface area contributed by atoms with E-state index in [-0.39, 0.29) is 42.5 Å². The molecule has 1 aromatic heterocycles. The molecular formula is C18H24N2O4S. The summed E-state index contributed by atoms with van der Waals surface area (Å²) in [6.45, 7) is 1.54. The molecule has 1 aliphatic carbocycles. The molecule has 136 valence electrons. The van der Waals surface area contributed by atoms with Crippen molar-refractivity contribution in [3.05, 3.63) is 22.4 Å². The van der Waals surface area contributed by atoms with Gasteiger partial charge in [-0.25, -0.2) is 0 Å². The van der Waals surface area contributed by atoms with Crippen LogP contribution in [0.5, 0.6) is 0 Å². The normalized spacial score (nSPS) is 21.5. The quantitative estimate of drug-likeness (QED) is 0.775. The molecule has 2 amide bonds. The Balaban J connectivity index is 1.71. The largest absolute Gasteiger partial charge is 0.481 e. The lowest BCUT2D eigenvalue weighted by molar-refractivity contribution is -0.148. The minimum atomic E-state index is -0.924. The predicted octanol–water partition coefficient (Wildman–Crippen LogP) is 2.21. The molecule has 2 heterocycles. The molecule has 2 N–H and O–H groups in total. The number of rotatable bonds is 7. The molecule has 2 aliphatic rings. The molecule has 1 aliphatic heterocycles. The number of carbonyl (C=O) groups excluding carboxylic acids is 2. The summed E-state index contributed by atoms with van der Waals surface area (Å²) < 4.78 is 0. The van der Waals surface area contributed by atoms with Gasteiger partial charge >= 0.3 is 5.97 Å². The number of hydrogen-bond acceptors (Lipinski definition) is 5. The fraction of sp³-hybridized carbons (Fsp3) is 0.611. The number of nitrogens with zero attached hydrogens (tertiary/aromatic N) is 1. The maximum absolute atomic E-state index is 12.9. The van der Waals surface area contributed by atoms with Crippen LogP contribution in [0, 0.1) is 5.92 Å². The standard InChI is InChI=1S/C18H24N2O4S/c21-16(9-13(10-17(22)23)15-4-2-8-25-15)20(14-5-6-14)18(24)12-3-1-7-19-11-12/h2,4,8,12-14,19H,1,3,5-7,9-11H2,(H,22,23). The summed E-state index contributed by atoms with van der Waals surface area (Å²) in [6.07, 6.45) is 3.46. The molecule has 7 heteroatoms. The lowest BCUT2D eigenvalue weighted by atomic mass is 9.96. The van der Waals surface area contributed by atoms with Crippen molar-refractivity contribution in [1.82, 2.24) is 10.2 Å². The van der Waals surface area contributed by atoms with E-state index in [0.717, 1.165) is 37.1 Å². The highest BCUT2D eigenvalue weighted by Crippen LogP contribution is 2.33. The van der Waals surface area contributed by atoms with Gasteiger partial charge in [0.05, 0.1) is 12.3 Å². The van der Waals surface area contributed by atoms with Crippen LogP contribution in [0.3, 0.4) is 0 Å². The Morgan fingerprint density at radius 3 is 2.64 bits per heavy atom. The second kappa shape index (κ2) is 8.10. The van der Waals surface area contributed by atoms with Crippen molar-refractivity contribution < 1.29 is 19.5 Å².